The van der Waals surface area contributed by atoms with Crippen molar-refractivity contribution in [2.75, 3.05) is 13.1 Å². The normalized spacial score (nSPS) is 17.6. The summed E-state index contributed by atoms with van der Waals surface area (Å²) in [5, 5.41) is 2.58. The van der Waals surface area contributed by atoms with E-state index < -0.39 is 24.3 Å². The number of carbonyl (C=O) groups is 1. The lowest BCUT2D eigenvalue weighted by Crippen LogP contribution is -2.39. The highest BCUT2D eigenvalue weighted by Gasteiger charge is 2.40. The molecule has 0 unspecified atom stereocenters. The van der Waals surface area contributed by atoms with Crippen LogP contribution < -0.4 is 5.32 Å². The molecule has 104 valence electrons. The highest BCUT2D eigenvalue weighted by Crippen LogP contribution is 2.26. The number of alkyl halides is 2. The van der Waals surface area contributed by atoms with Crippen molar-refractivity contribution in [2.24, 2.45) is 0 Å². The standard InChI is InChI=1S/C12H12ClF3N2O/c13-9-2-1-3-10(14)8(9)6-17-11(19)18-5-4-12(15,16)7-18/h1-3H,4-7H2,(H,17,19). The molecule has 1 aromatic rings. The number of halogens is 4. The molecule has 19 heavy (non-hydrogen) atoms. The zero-order chi connectivity index (χ0) is 14.0. The van der Waals surface area contributed by atoms with Gasteiger partial charge in [0, 0.05) is 30.1 Å². The molecule has 1 saturated heterocycles. The molecule has 0 aromatic heterocycles. The molecule has 0 saturated carbocycles. The third-order valence-corrected chi connectivity index (χ3v) is 3.29. The van der Waals surface area contributed by atoms with Crippen LogP contribution in [0, 0.1) is 5.82 Å². The van der Waals surface area contributed by atoms with Gasteiger partial charge in [0.25, 0.3) is 5.92 Å². The quantitative estimate of drug-likeness (QED) is 0.893. The minimum Gasteiger partial charge on any atom is -0.334 e. The third-order valence-electron chi connectivity index (χ3n) is 2.93. The van der Waals surface area contributed by atoms with Gasteiger partial charge in [-0.05, 0) is 12.1 Å². The number of rotatable bonds is 2. The van der Waals surface area contributed by atoms with Gasteiger partial charge in [0.1, 0.15) is 5.82 Å². The Morgan fingerprint density at radius 3 is 2.79 bits per heavy atom. The SMILES string of the molecule is O=C(NCc1c(F)cccc1Cl)N1CCC(F)(F)C1. The van der Waals surface area contributed by atoms with Crippen LogP contribution in [-0.2, 0) is 6.54 Å². The van der Waals surface area contributed by atoms with Crippen molar-refractivity contribution in [2.45, 2.75) is 18.9 Å². The average molecular weight is 293 g/mol. The minimum absolute atomic E-state index is 0.0101. The number of hydrogen-bond acceptors (Lipinski definition) is 1. The number of carbonyl (C=O) groups excluding carboxylic acids is 1. The lowest BCUT2D eigenvalue weighted by molar-refractivity contribution is 0.0153. The molecule has 1 aliphatic rings. The van der Waals surface area contributed by atoms with Gasteiger partial charge >= 0.3 is 6.03 Å². The smallest absolute Gasteiger partial charge is 0.317 e. The van der Waals surface area contributed by atoms with E-state index in [0.29, 0.717) is 0 Å². The Morgan fingerprint density at radius 1 is 1.47 bits per heavy atom. The molecule has 1 aromatic carbocycles. The van der Waals surface area contributed by atoms with Crippen LogP contribution in [0.4, 0.5) is 18.0 Å². The summed E-state index contributed by atoms with van der Waals surface area (Å²) in [6, 6.07) is 3.52. The fourth-order valence-electron chi connectivity index (χ4n) is 1.89. The summed E-state index contributed by atoms with van der Waals surface area (Å²) in [6.07, 6.45) is -0.346. The topological polar surface area (TPSA) is 32.3 Å². The summed E-state index contributed by atoms with van der Waals surface area (Å²) in [7, 11) is 0. The monoisotopic (exact) mass is 292 g/mol. The van der Waals surface area contributed by atoms with E-state index >= 15 is 0 Å². The largest absolute Gasteiger partial charge is 0.334 e. The first-order valence-corrected chi connectivity index (χ1v) is 6.10. The van der Waals surface area contributed by atoms with Gasteiger partial charge in [-0.1, -0.05) is 17.7 Å². The van der Waals surface area contributed by atoms with Crippen LogP contribution in [0.15, 0.2) is 18.2 Å². The summed E-state index contributed by atoms with van der Waals surface area (Å²) in [6.45, 7) is -0.750. The second-order valence-corrected chi connectivity index (χ2v) is 4.79. The van der Waals surface area contributed by atoms with E-state index in [1.807, 2.05) is 0 Å². The summed E-state index contributed by atoms with van der Waals surface area (Å²) in [5.41, 5.74) is 0.142. The van der Waals surface area contributed by atoms with Gasteiger partial charge in [-0.3, -0.25) is 0 Å². The van der Waals surface area contributed by atoms with E-state index in [0.717, 1.165) is 4.90 Å². The Hall–Kier alpha value is -1.43. The maximum atomic E-state index is 13.4. The van der Waals surface area contributed by atoms with Crippen molar-refractivity contribution >= 4 is 17.6 Å². The fraction of sp³-hybridized carbons (Fsp3) is 0.417. The molecular formula is C12H12ClF3N2O. The van der Waals surface area contributed by atoms with Crippen molar-refractivity contribution in [3.8, 4) is 0 Å². The molecule has 1 aliphatic heterocycles. The lowest BCUT2D eigenvalue weighted by atomic mass is 10.2. The highest BCUT2D eigenvalue weighted by atomic mass is 35.5. The molecule has 1 heterocycles. The zero-order valence-corrected chi connectivity index (χ0v) is 10.7. The lowest BCUT2D eigenvalue weighted by Gasteiger charge is -2.17. The van der Waals surface area contributed by atoms with E-state index in [-0.39, 0.29) is 30.1 Å². The Labute approximate surface area is 113 Å². The van der Waals surface area contributed by atoms with Crippen LogP contribution in [0.3, 0.4) is 0 Å². The van der Waals surface area contributed by atoms with Gasteiger partial charge < -0.3 is 10.2 Å². The maximum absolute atomic E-state index is 13.4. The summed E-state index contributed by atoms with van der Waals surface area (Å²) in [4.78, 5) is 12.7. The zero-order valence-electron chi connectivity index (χ0n) is 9.93. The number of likely N-dealkylation sites (tertiary alicyclic amines) is 1. The average Bonchev–Trinajstić information content (AvgIpc) is 2.69. The Kier molecular flexibility index (Phi) is 3.89. The second kappa shape index (κ2) is 5.28. The third kappa shape index (κ3) is 3.32. The van der Waals surface area contributed by atoms with Crippen molar-refractivity contribution in [3.05, 3.63) is 34.6 Å². The fourth-order valence-corrected chi connectivity index (χ4v) is 2.12. The van der Waals surface area contributed by atoms with Crippen LogP contribution in [0.2, 0.25) is 5.02 Å². The highest BCUT2D eigenvalue weighted by molar-refractivity contribution is 6.31. The second-order valence-electron chi connectivity index (χ2n) is 4.39. The predicted molar refractivity (Wildman–Crippen MR) is 64.8 cm³/mol. The summed E-state index contributed by atoms with van der Waals surface area (Å²) < 4.78 is 39.3. The first-order chi connectivity index (χ1) is 8.89. The van der Waals surface area contributed by atoms with Crippen LogP contribution in [-0.4, -0.2) is 29.9 Å². The number of nitrogens with zero attached hydrogens (tertiary/aromatic N) is 1. The number of nitrogens with one attached hydrogen (secondary N) is 1. The molecule has 1 fully saturated rings. The van der Waals surface area contributed by atoms with E-state index in [1.54, 1.807) is 0 Å². The van der Waals surface area contributed by atoms with E-state index in [9.17, 15) is 18.0 Å². The van der Waals surface area contributed by atoms with Crippen LogP contribution >= 0.6 is 11.6 Å². The summed E-state index contributed by atoms with van der Waals surface area (Å²) >= 11 is 5.79. The van der Waals surface area contributed by atoms with Gasteiger partial charge in [0.15, 0.2) is 0 Å². The van der Waals surface area contributed by atoms with E-state index in [2.05, 4.69) is 5.32 Å². The number of urea groups is 1. The van der Waals surface area contributed by atoms with Gasteiger partial charge in [-0.2, -0.15) is 0 Å². The molecular weight excluding hydrogens is 281 g/mol. The van der Waals surface area contributed by atoms with Crippen LogP contribution in [0.25, 0.3) is 0 Å². The molecule has 0 spiro atoms. The van der Waals surface area contributed by atoms with Gasteiger partial charge in [-0.15, -0.1) is 0 Å². The van der Waals surface area contributed by atoms with Crippen LogP contribution in [0.1, 0.15) is 12.0 Å². The van der Waals surface area contributed by atoms with Crippen molar-refractivity contribution in [1.82, 2.24) is 10.2 Å². The van der Waals surface area contributed by atoms with Crippen molar-refractivity contribution in [1.29, 1.82) is 0 Å². The Bertz CT molecular complexity index is 476. The molecule has 7 heteroatoms. The molecule has 2 amide bonds. The first-order valence-electron chi connectivity index (χ1n) is 5.72. The first kappa shape index (κ1) is 14.0. The van der Waals surface area contributed by atoms with Gasteiger partial charge in [0.2, 0.25) is 0 Å². The molecule has 0 radical (unpaired) electrons. The van der Waals surface area contributed by atoms with E-state index in [4.69, 9.17) is 11.6 Å². The number of benzene rings is 1. The molecule has 2 rings (SSSR count). The molecule has 1 N–H and O–H groups in total. The maximum Gasteiger partial charge on any atom is 0.317 e. The van der Waals surface area contributed by atoms with Gasteiger partial charge in [-0.25, -0.2) is 18.0 Å². The number of amides is 2. The van der Waals surface area contributed by atoms with E-state index in [1.165, 1.54) is 18.2 Å². The Balaban J connectivity index is 1.94. The Morgan fingerprint density at radius 2 is 2.21 bits per heavy atom. The summed E-state index contributed by atoms with van der Waals surface area (Å²) in [5.74, 6) is -3.38. The molecule has 0 aliphatic carbocycles. The van der Waals surface area contributed by atoms with Crippen LogP contribution in [0.5, 0.6) is 0 Å². The predicted octanol–water partition coefficient (Wildman–Crippen LogP) is 3.03. The molecule has 0 bridgehead atoms. The van der Waals surface area contributed by atoms with Gasteiger partial charge in [0.05, 0.1) is 6.54 Å². The number of hydrogen-bond donors (Lipinski definition) is 1. The minimum atomic E-state index is -2.84. The van der Waals surface area contributed by atoms with Crippen molar-refractivity contribution in [3.63, 3.8) is 0 Å². The molecule has 0 atom stereocenters. The molecule has 3 nitrogen and oxygen atoms in total. The van der Waals surface area contributed by atoms with Crippen molar-refractivity contribution < 1.29 is 18.0 Å².